The molecule has 0 saturated heterocycles. The number of β-amino-alcohol motifs (C(OH)–C–C–N with tert-alkyl or cyclic N) is 1. The van der Waals surface area contributed by atoms with Gasteiger partial charge in [-0.3, -0.25) is 0 Å². The maximum atomic E-state index is 11.0. The van der Waals surface area contributed by atoms with E-state index in [2.05, 4.69) is 21.8 Å². The molecule has 0 saturated carbocycles. The van der Waals surface area contributed by atoms with Gasteiger partial charge in [0.25, 0.3) is 0 Å². The molecule has 29 heavy (non-hydrogen) atoms. The van der Waals surface area contributed by atoms with Gasteiger partial charge in [0.05, 0.1) is 26.2 Å². The van der Waals surface area contributed by atoms with Crippen LogP contribution in [0.3, 0.4) is 0 Å². The van der Waals surface area contributed by atoms with Crippen LogP contribution in [0.25, 0.3) is 10.2 Å². The number of hydrogen-bond donors (Lipinski definition) is 1. The molecule has 2 aromatic heterocycles. The summed E-state index contributed by atoms with van der Waals surface area (Å²) in [5.74, 6) is 3.09. The number of aromatic nitrogens is 2. The third-order valence-corrected chi connectivity index (χ3v) is 7.32. The molecule has 1 aliphatic carbocycles. The van der Waals surface area contributed by atoms with Crippen molar-refractivity contribution in [3.63, 3.8) is 0 Å². The predicted molar refractivity (Wildman–Crippen MR) is 114 cm³/mol. The number of aliphatic hydroxyl groups excluding tert-OH is 1. The highest BCUT2D eigenvalue weighted by atomic mass is 32.1. The third-order valence-electron chi connectivity index (χ3n) is 6.16. The first kappa shape index (κ1) is 18.6. The molecule has 3 heterocycles. The normalized spacial score (nSPS) is 21.0. The number of benzene rings is 1. The molecular weight excluding hydrogens is 386 g/mol. The van der Waals surface area contributed by atoms with Gasteiger partial charge >= 0.3 is 0 Å². The van der Waals surface area contributed by atoms with Crippen LogP contribution in [0.2, 0.25) is 0 Å². The first-order valence-electron chi connectivity index (χ1n) is 10.0. The molecule has 2 aliphatic rings. The second kappa shape index (κ2) is 7.15. The van der Waals surface area contributed by atoms with Crippen molar-refractivity contribution < 1.29 is 14.6 Å². The van der Waals surface area contributed by atoms with Crippen LogP contribution in [0.1, 0.15) is 41.0 Å². The summed E-state index contributed by atoms with van der Waals surface area (Å²) in [6.07, 6.45) is 4.35. The van der Waals surface area contributed by atoms with Gasteiger partial charge in [0, 0.05) is 22.5 Å². The predicted octanol–water partition coefficient (Wildman–Crippen LogP) is 3.89. The Balaban J connectivity index is 1.63. The van der Waals surface area contributed by atoms with E-state index in [4.69, 9.17) is 9.47 Å². The van der Waals surface area contributed by atoms with Crippen molar-refractivity contribution in [2.24, 2.45) is 5.92 Å². The fourth-order valence-corrected chi connectivity index (χ4v) is 6.08. The smallest absolute Gasteiger partial charge is 0.141 e. The molecule has 2 unspecified atom stereocenters. The van der Waals surface area contributed by atoms with Crippen molar-refractivity contribution in [3.05, 3.63) is 40.0 Å². The number of fused-ring (bicyclic) bond motifs is 4. The standard InChI is InChI=1S/C22H25N3O3S/c1-12-4-5-13-18(8-12)29-22-20(13)21(23-11-24-22)25-9-14-16(27-2)6-7-17(28-3)19(14)15(26)10-25/h6-7,11-12,15,26H,4-5,8-10H2,1-3H3. The van der Waals surface area contributed by atoms with Crippen LogP contribution in [-0.4, -0.2) is 35.8 Å². The van der Waals surface area contributed by atoms with Crippen molar-refractivity contribution >= 4 is 27.4 Å². The molecular formula is C22H25N3O3S. The summed E-state index contributed by atoms with van der Waals surface area (Å²) in [6.45, 7) is 3.39. The van der Waals surface area contributed by atoms with Gasteiger partial charge in [0.15, 0.2) is 0 Å². The molecule has 0 spiro atoms. The lowest BCUT2D eigenvalue weighted by atomic mass is 9.89. The lowest BCUT2D eigenvalue weighted by Gasteiger charge is -2.35. The zero-order valence-corrected chi connectivity index (χ0v) is 17.8. The maximum Gasteiger partial charge on any atom is 0.141 e. The third kappa shape index (κ3) is 2.95. The number of anilines is 1. The molecule has 5 rings (SSSR count). The molecule has 0 radical (unpaired) electrons. The quantitative estimate of drug-likeness (QED) is 0.705. The molecule has 3 aromatic rings. The van der Waals surface area contributed by atoms with Gasteiger partial charge in [-0.05, 0) is 42.9 Å². The summed E-state index contributed by atoms with van der Waals surface area (Å²) in [6, 6.07) is 3.76. The number of methoxy groups -OCH3 is 2. The van der Waals surface area contributed by atoms with Crippen molar-refractivity contribution in [1.82, 2.24) is 9.97 Å². The van der Waals surface area contributed by atoms with E-state index in [1.54, 1.807) is 31.9 Å². The van der Waals surface area contributed by atoms with E-state index in [0.29, 0.717) is 24.8 Å². The lowest BCUT2D eigenvalue weighted by Crippen LogP contribution is -2.35. The van der Waals surface area contributed by atoms with Gasteiger partial charge < -0.3 is 19.5 Å². The number of aliphatic hydroxyl groups is 1. The largest absolute Gasteiger partial charge is 0.496 e. The number of hydrogen-bond acceptors (Lipinski definition) is 7. The molecule has 7 heteroatoms. The van der Waals surface area contributed by atoms with Crippen molar-refractivity contribution in [3.8, 4) is 11.5 Å². The first-order valence-corrected chi connectivity index (χ1v) is 10.8. The molecule has 152 valence electrons. The average molecular weight is 412 g/mol. The highest BCUT2D eigenvalue weighted by Gasteiger charge is 2.32. The average Bonchev–Trinajstić information content (AvgIpc) is 3.10. The number of nitrogens with zero attached hydrogens (tertiary/aromatic N) is 3. The summed E-state index contributed by atoms with van der Waals surface area (Å²) < 4.78 is 11.1. The molecule has 0 fully saturated rings. The number of rotatable bonds is 3. The van der Waals surface area contributed by atoms with Crippen molar-refractivity contribution in [2.75, 3.05) is 25.7 Å². The van der Waals surface area contributed by atoms with Crippen molar-refractivity contribution in [1.29, 1.82) is 0 Å². The Morgan fingerprint density at radius 3 is 2.72 bits per heavy atom. The first-order chi connectivity index (χ1) is 14.1. The zero-order chi connectivity index (χ0) is 20.1. The Bertz CT molecular complexity index is 1080. The summed E-state index contributed by atoms with van der Waals surface area (Å²) in [5.41, 5.74) is 3.17. The van der Waals surface area contributed by atoms with E-state index in [9.17, 15) is 5.11 Å². The molecule has 1 aromatic carbocycles. The molecule has 0 amide bonds. The maximum absolute atomic E-state index is 11.0. The van der Waals surface area contributed by atoms with E-state index in [1.165, 1.54) is 16.9 Å². The van der Waals surface area contributed by atoms with E-state index in [-0.39, 0.29) is 0 Å². The highest BCUT2D eigenvalue weighted by Crippen LogP contribution is 2.44. The van der Waals surface area contributed by atoms with E-state index >= 15 is 0 Å². The molecule has 1 aliphatic heterocycles. The second-order valence-electron chi connectivity index (χ2n) is 7.99. The van der Waals surface area contributed by atoms with Crippen LogP contribution < -0.4 is 14.4 Å². The Labute approximate surface area is 174 Å². The second-order valence-corrected chi connectivity index (χ2v) is 9.07. The monoisotopic (exact) mass is 411 g/mol. The molecule has 0 bridgehead atoms. The highest BCUT2D eigenvalue weighted by molar-refractivity contribution is 7.19. The van der Waals surface area contributed by atoms with Crippen LogP contribution in [0, 0.1) is 5.92 Å². The number of ether oxygens (including phenoxy) is 2. The summed E-state index contributed by atoms with van der Waals surface area (Å²) in [7, 11) is 3.29. The Morgan fingerprint density at radius 1 is 1.14 bits per heavy atom. The van der Waals surface area contributed by atoms with Crippen LogP contribution in [0.15, 0.2) is 18.5 Å². The number of aryl methyl sites for hydroxylation is 1. The Kier molecular flexibility index (Phi) is 4.59. The Hall–Kier alpha value is -2.38. The minimum absolute atomic E-state index is 0.462. The van der Waals surface area contributed by atoms with Gasteiger partial charge in [-0.2, -0.15) is 0 Å². The van der Waals surface area contributed by atoms with Gasteiger partial charge in [0.1, 0.15) is 34.6 Å². The molecule has 6 nitrogen and oxygen atoms in total. The fourth-order valence-electron chi connectivity index (χ4n) is 4.74. The minimum Gasteiger partial charge on any atom is -0.496 e. The topological polar surface area (TPSA) is 67.7 Å². The summed E-state index contributed by atoms with van der Waals surface area (Å²) in [4.78, 5) is 13.9. The number of thiophene rings is 1. The van der Waals surface area contributed by atoms with Gasteiger partial charge in [-0.15, -0.1) is 11.3 Å². The van der Waals surface area contributed by atoms with E-state index < -0.39 is 6.10 Å². The SMILES string of the molecule is COc1ccc(OC)c2c1CN(c1ncnc3sc4c(c13)CCC(C)C4)CC2O. The van der Waals surface area contributed by atoms with Gasteiger partial charge in [0.2, 0.25) is 0 Å². The van der Waals surface area contributed by atoms with E-state index in [1.807, 2.05) is 12.1 Å². The minimum atomic E-state index is -0.678. The molecule has 1 N–H and O–H groups in total. The van der Waals surface area contributed by atoms with Gasteiger partial charge in [-0.1, -0.05) is 6.92 Å². The van der Waals surface area contributed by atoms with Crippen LogP contribution in [0.5, 0.6) is 11.5 Å². The fraction of sp³-hybridized carbons (Fsp3) is 0.455. The zero-order valence-electron chi connectivity index (χ0n) is 16.9. The van der Waals surface area contributed by atoms with Gasteiger partial charge in [-0.25, -0.2) is 9.97 Å². The Morgan fingerprint density at radius 2 is 1.93 bits per heavy atom. The van der Waals surface area contributed by atoms with Crippen LogP contribution in [-0.2, 0) is 19.4 Å². The van der Waals surface area contributed by atoms with Crippen LogP contribution >= 0.6 is 11.3 Å². The summed E-state index contributed by atoms with van der Waals surface area (Å²) >= 11 is 1.80. The van der Waals surface area contributed by atoms with Crippen LogP contribution in [0.4, 0.5) is 5.82 Å². The van der Waals surface area contributed by atoms with Crippen molar-refractivity contribution in [2.45, 2.75) is 38.8 Å². The molecule has 2 atom stereocenters. The lowest BCUT2D eigenvalue weighted by molar-refractivity contribution is 0.169. The summed E-state index contributed by atoms with van der Waals surface area (Å²) in [5, 5.41) is 12.2. The van der Waals surface area contributed by atoms with E-state index in [0.717, 1.165) is 45.8 Å².